The molecule has 8 atom stereocenters. The van der Waals surface area contributed by atoms with Crippen molar-refractivity contribution < 1.29 is 10.2 Å². The molecule has 0 aromatic heterocycles. The maximum absolute atomic E-state index is 10.4. The largest absolute Gasteiger partial charge is 0.393 e. The predicted molar refractivity (Wildman–Crippen MR) is 118 cm³/mol. The van der Waals surface area contributed by atoms with Crippen molar-refractivity contribution in [1.29, 1.82) is 0 Å². The van der Waals surface area contributed by atoms with Crippen molar-refractivity contribution in [3.63, 3.8) is 0 Å². The molecule has 2 nitrogen and oxygen atoms in total. The number of fused-ring (bicyclic) bond motifs is 5. The van der Waals surface area contributed by atoms with Gasteiger partial charge in [-0.15, -0.1) is 0 Å². The normalized spacial score (nSPS) is 48.1. The van der Waals surface area contributed by atoms with Crippen LogP contribution in [0, 0.1) is 40.4 Å². The van der Waals surface area contributed by atoms with Crippen molar-refractivity contribution in [3.8, 4) is 0 Å². The van der Waals surface area contributed by atoms with Gasteiger partial charge in [-0.05, 0) is 117 Å². The topological polar surface area (TPSA) is 40.5 Å². The van der Waals surface area contributed by atoms with Gasteiger partial charge in [0.2, 0.25) is 0 Å². The van der Waals surface area contributed by atoms with Crippen LogP contribution in [0.15, 0.2) is 11.6 Å². The van der Waals surface area contributed by atoms with Crippen molar-refractivity contribution >= 4 is 0 Å². The molecule has 5 aliphatic rings. The van der Waals surface area contributed by atoms with Crippen molar-refractivity contribution in [1.82, 2.24) is 0 Å². The zero-order chi connectivity index (χ0) is 20.2. The summed E-state index contributed by atoms with van der Waals surface area (Å²) in [6, 6.07) is 0. The standard InChI is InChI=1S/C27H44O2/c1-26-16-14-24-22(11-9-20-17-21(28)13-15-27(20,24)2)23(26)12-10-19(26)7-4-8-25(29)18-5-3-6-18/h9,18-19,21-25,28-29H,3-8,10-17H2,1-2H3/t19-,21-,22-,23?,24?,25?,26+,27?/m0/s1. The van der Waals surface area contributed by atoms with Crippen LogP contribution in [0.5, 0.6) is 0 Å². The minimum absolute atomic E-state index is 0.0204. The summed E-state index contributed by atoms with van der Waals surface area (Å²) < 4.78 is 0. The summed E-state index contributed by atoms with van der Waals surface area (Å²) in [5.41, 5.74) is 2.51. The summed E-state index contributed by atoms with van der Waals surface area (Å²) in [6.45, 7) is 5.18. The first kappa shape index (κ1) is 20.6. The Labute approximate surface area is 178 Å². The Hall–Kier alpha value is -0.340. The van der Waals surface area contributed by atoms with E-state index in [1.54, 1.807) is 5.57 Å². The third-order valence-corrected chi connectivity index (χ3v) is 11.0. The quantitative estimate of drug-likeness (QED) is 0.535. The Morgan fingerprint density at radius 2 is 1.86 bits per heavy atom. The number of rotatable bonds is 5. The molecule has 2 heteroatoms. The predicted octanol–water partition coefficient (Wildman–Crippen LogP) is 6.26. The third-order valence-electron chi connectivity index (χ3n) is 11.0. The minimum atomic E-state index is -0.0918. The highest BCUT2D eigenvalue weighted by Crippen LogP contribution is 2.66. The first-order chi connectivity index (χ1) is 13.9. The fraction of sp³-hybridized carbons (Fsp3) is 0.926. The Bertz CT molecular complexity index is 636. The summed E-state index contributed by atoms with van der Waals surface area (Å²) >= 11 is 0. The molecule has 0 saturated heterocycles. The van der Waals surface area contributed by atoms with Crippen molar-refractivity contribution in [2.24, 2.45) is 40.4 Å². The van der Waals surface area contributed by atoms with E-state index < -0.39 is 0 Å². The van der Waals surface area contributed by atoms with Gasteiger partial charge in [0.25, 0.3) is 0 Å². The molecule has 29 heavy (non-hydrogen) atoms. The lowest BCUT2D eigenvalue weighted by atomic mass is 9.47. The average molecular weight is 401 g/mol. The van der Waals surface area contributed by atoms with E-state index >= 15 is 0 Å². The fourth-order valence-corrected chi connectivity index (χ4v) is 8.86. The molecule has 4 saturated carbocycles. The van der Waals surface area contributed by atoms with E-state index in [9.17, 15) is 10.2 Å². The maximum atomic E-state index is 10.4. The lowest BCUT2D eigenvalue weighted by molar-refractivity contribution is -0.0514. The zero-order valence-corrected chi connectivity index (χ0v) is 18.9. The van der Waals surface area contributed by atoms with E-state index in [4.69, 9.17) is 0 Å². The molecule has 164 valence electrons. The lowest BCUT2D eigenvalue weighted by Crippen LogP contribution is -2.50. The van der Waals surface area contributed by atoms with E-state index in [1.165, 1.54) is 70.6 Å². The lowest BCUT2D eigenvalue weighted by Gasteiger charge is -2.58. The van der Waals surface area contributed by atoms with E-state index in [-0.39, 0.29) is 12.2 Å². The summed E-state index contributed by atoms with van der Waals surface area (Å²) in [5, 5.41) is 20.6. The smallest absolute Gasteiger partial charge is 0.0577 e. The van der Waals surface area contributed by atoms with Gasteiger partial charge in [0.05, 0.1) is 12.2 Å². The molecule has 0 radical (unpaired) electrons. The first-order valence-corrected chi connectivity index (χ1v) is 13.0. The monoisotopic (exact) mass is 400 g/mol. The van der Waals surface area contributed by atoms with Gasteiger partial charge in [-0.2, -0.15) is 0 Å². The van der Waals surface area contributed by atoms with Crippen LogP contribution in [-0.2, 0) is 0 Å². The zero-order valence-electron chi connectivity index (χ0n) is 18.9. The van der Waals surface area contributed by atoms with Gasteiger partial charge in [-0.3, -0.25) is 0 Å². The Morgan fingerprint density at radius 1 is 1.03 bits per heavy atom. The van der Waals surface area contributed by atoms with Crippen molar-refractivity contribution in [2.75, 3.05) is 0 Å². The molecule has 4 fully saturated rings. The van der Waals surface area contributed by atoms with Crippen LogP contribution in [0.3, 0.4) is 0 Å². The van der Waals surface area contributed by atoms with Crippen molar-refractivity contribution in [3.05, 3.63) is 11.6 Å². The highest BCUT2D eigenvalue weighted by atomic mass is 16.3. The molecule has 5 rings (SSSR count). The molecule has 0 amide bonds. The third kappa shape index (κ3) is 3.36. The summed E-state index contributed by atoms with van der Waals surface area (Å²) in [7, 11) is 0. The van der Waals surface area contributed by atoms with Gasteiger partial charge in [0.1, 0.15) is 0 Å². The Balaban J connectivity index is 1.24. The van der Waals surface area contributed by atoms with Crippen LogP contribution in [-0.4, -0.2) is 22.4 Å². The SMILES string of the molecule is CC12CC[C@H](O)CC1=CC[C@@H]1C2CC[C@@]2(C)C1CC[C@@H]2CCCC(O)C1CCC1. The molecule has 2 N–H and O–H groups in total. The second-order valence-electron chi connectivity index (χ2n) is 12.2. The molecule has 0 aromatic carbocycles. The van der Waals surface area contributed by atoms with Crippen LogP contribution in [0.25, 0.3) is 0 Å². The van der Waals surface area contributed by atoms with Crippen LogP contribution >= 0.6 is 0 Å². The van der Waals surface area contributed by atoms with E-state index in [0.29, 0.717) is 16.7 Å². The van der Waals surface area contributed by atoms with Crippen LogP contribution in [0.4, 0.5) is 0 Å². The number of hydrogen-bond donors (Lipinski definition) is 2. The second kappa shape index (κ2) is 7.66. The average Bonchev–Trinajstić information content (AvgIpc) is 2.97. The van der Waals surface area contributed by atoms with Crippen LogP contribution in [0.2, 0.25) is 0 Å². The summed E-state index contributed by atoms with van der Waals surface area (Å²) in [5.74, 6) is 4.14. The highest BCUT2D eigenvalue weighted by Gasteiger charge is 2.58. The molecule has 4 unspecified atom stereocenters. The molecule has 0 heterocycles. The fourth-order valence-electron chi connectivity index (χ4n) is 8.86. The number of aliphatic hydroxyl groups is 2. The van der Waals surface area contributed by atoms with Crippen LogP contribution < -0.4 is 0 Å². The molecule has 0 aliphatic heterocycles. The second-order valence-corrected chi connectivity index (χ2v) is 12.2. The molecule has 5 aliphatic carbocycles. The maximum Gasteiger partial charge on any atom is 0.0577 e. The molecule has 0 spiro atoms. The molecular weight excluding hydrogens is 356 g/mol. The van der Waals surface area contributed by atoms with Crippen molar-refractivity contribution in [2.45, 2.75) is 116 Å². The van der Waals surface area contributed by atoms with E-state index in [2.05, 4.69) is 19.9 Å². The minimum Gasteiger partial charge on any atom is -0.393 e. The van der Waals surface area contributed by atoms with E-state index in [0.717, 1.165) is 42.9 Å². The van der Waals surface area contributed by atoms with Crippen LogP contribution in [0.1, 0.15) is 104 Å². The summed E-state index contributed by atoms with van der Waals surface area (Å²) in [4.78, 5) is 0. The van der Waals surface area contributed by atoms with Gasteiger partial charge >= 0.3 is 0 Å². The Kier molecular flexibility index (Phi) is 5.43. The number of hydrogen-bond acceptors (Lipinski definition) is 2. The molecule has 0 bridgehead atoms. The van der Waals surface area contributed by atoms with E-state index in [1.807, 2.05) is 0 Å². The highest BCUT2D eigenvalue weighted by molar-refractivity contribution is 5.25. The molecular formula is C27H44O2. The summed E-state index contributed by atoms with van der Waals surface area (Å²) in [6.07, 6.45) is 20.0. The first-order valence-electron chi connectivity index (χ1n) is 13.0. The van der Waals surface area contributed by atoms with Gasteiger partial charge in [-0.25, -0.2) is 0 Å². The van der Waals surface area contributed by atoms with Gasteiger partial charge < -0.3 is 10.2 Å². The Morgan fingerprint density at radius 3 is 2.62 bits per heavy atom. The number of aliphatic hydroxyl groups excluding tert-OH is 2. The molecule has 0 aromatic rings. The number of allylic oxidation sites excluding steroid dienone is 1. The van der Waals surface area contributed by atoms with Gasteiger partial charge in [0, 0.05) is 0 Å². The van der Waals surface area contributed by atoms with Gasteiger partial charge in [0.15, 0.2) is 0 Å². The van der Waals surface area contributed by atoms with Gasteiger partial charge in [-0.1, -0.05) is 38.3 Å².